The summed E-state index contributed by atoms with van der Waals surface area (Å²) in [6.07, 6.45) is 6.08. The fraction of sp³-hybridized carbons (Fsp3) is 0.600. The number of amides is 1. The van der Waals surface area contributed by atoms with Gasteiger partial charge < -0.3 is 9.64 Å². The molecular formula is C25H33NO5. The van der Waals surface area contributed by atoms with Gasteiger partial charge in [-0.3, -0.25) is 19.2 Å². The normalized spacial score (nSPS) is 23.7. The van der Waals surface area contributed by atoms with Crippen molar-refractivity contribution in [3.63, 3.8) is 0 Å². The second-order valence-corrected chi connectivity index (χ2v) is 8.83. The second kappa shape index (κ2) is 10.7. The summed E-state index contributed by atoms with van der Waals surface area (Å²) in [7, 11) is 0. The van der Waals surface area contributed by atoms with E-state index in [-0.39, 0.29) is 30.8 Å². The first-order valence-corrected chi connectivity index (χ1v) is 11.5. The number of para-hydroxylation sites is 1. The Hall–Kier alpha value is -2.50. The zero-order valence-corrected chi connectivity index (χ0v) is 18.5. The molecule has 1 saturated heterocycles. The number of Topliss-reactive ketones (excluding diaryl/α,β-unsaturated/α-hetero) is 3. The van der Waals surface area contributed by atoms with Crippen LogP contribution < -0.4 is 4.74 Å². The third-order valence-electron chi connectivity index (χ3n) is 6.67. The van der Waals surface area contributed by atoms with Crippen molar-refractivity contribution in [2.24, 2.45) is 11.8 Å². The van der Waals surface area contributed by atoms with E-state index in [1.807, 2.05) is 13.0 Å². The molecule has 2 aliphatic rings. The molecule has 6 nitrogen and oxygen atoms in total. The number of fused-ring (bicyclic) bond motifs is 1. The highest BCUT2D eigenvalue weighted by Gasteiger charge is 2.46. The van der Waals surface area contributed by atoms with Gasteiger partial charge in [0.1, 0.15) is 5.75 Å². The second-order valence-electron chi connectivity index (χ2n) is 8.83. The van der Waals surface area contributed by atoms with Gasteiger partial charge in [0, 0.05) is 25.3 Å². The summed E-state index contributed by atoms with van der Waals surface area (Å²) in [6, 6.07) is 8.54. The Labute approximate surface area is 184 Å². The quantitative estimate of drug-likeness (QED) is 0.531. The van der Waals surface area contributed by atoms with Gasteiger partial charge in [-0.25, -0.2) is 0 Å². The van der Waals surface area contributed by atoms with Crippen LogP contribution in [0.4, 0.5) is 0 Å². The largest absolute Gasteiger partial charge is 0.485 e. The molecule has 4 atom stereocenters. The summed E-state index contributed by atoms with van der Waals surface area (Å²) in [5.41, 5.74) is 0. The Morgan fingerprint density at radius 3 is 2.48 bits per heavy atom. The third-order valence-corrected chi connectivity index (χ3v) is 6.67. The van der Waals surface area contributed by atoms with E-state index >= 15 is 0 Å². The lowest BCUT2D eigenvalue weighted by atomic mass is 9.83. The average molecular weight is 428 g/mol. The molecule has 1 heterocycles. The van der Waals surface area contributed by atoms with Gasteiger partial charge in [0.2, 0.25) is 17.5 Å². The molecule has 1 aliphatic heterocycles. The molecule has 0 N–H and O–H groups in total. The van der Waals surface area contributed by atoms with Gasteiger partial charge in [-0.05, 0) is 43.7 Å². The number of benzene rings is 1. The van der Waals surface area contributed by atoms with Gasteiger partial charge in [0.15, 0.2) is 12.4 Å². The molecule has 0 radical (unpaired) electrons. The van der Waals surface area contributed by atoms with Crippen molar-refractivity contribution < 1.29 is 23.9 Å². The average Bonchev–Trinajstić information content (AvgIpc) is 3.17. The van der Waals surface area contributed by atoms with Crippen LogP contribution in [0.25, 0.3) is 0 Å². The fourth-order valence-electron chi connectivity index (χ4n) is 5.22. The summed E-state index contributed by atoms with van der Waals surface area (Å²) in [4.78, 5) is 52.6. The van der Waals surface area contributed by atoms with Gasteiger partial charge in [-0.1, -0.05) is 44.4 Å². The molecule has 0 unspecified atom stereocenters. The highest BCUT2D eigenvalue weighted by Crippen LogP contribution is 2.40. The SMILES string of the molecule is CCC[C@H](CC(=O)[C@@H]1C[C@@H]2CCCC[C@@H]2N1C(C)=O)C(=O)C(=O)COc1ccccc1. The zero-order valence-electron chi connectivity index (χ0n) is 18.5. The van der Waals surface area contributed by atoms with Crippen molar-refractivity contribution in [2.75, 3.05) is 6.61 Å². The lowest BCUT2D eigenvalue weighted by Crippen LogP contribution is -2.45. The van der Waals surface area contributed by atoms with Crippen molar-refractivity contribution in [1.82, 2.24) is 4.90 Å². The maximum absolute atomic E-state index is 13.2. The van der Waals surface area contributed by atoms with Gasteiger partial charge in [0.05, 0.1) is 6.04 Å². The number of ketones is 3. The smallest absolute Gasteiger partial charge is 0.235 e. The summed E-state index contributed by atoms with van der Waals surface area (Å²) in [6.45, 7) is 3.13. The molecule has 6 heteroatoms. The van der Waals surface area contributed by atoms with Crippen LogP contribution in [0.5, 0.6) is 5.75 Å². The summed E-state index contributed by atoms with van der Waals surface area (Å²) < 4.78 is 5.43. The molecule has 1 aliphatic carbocycles. The predicted octanol–water partition coefficient (Wildman–Crippen LogP) is 3.76. The van der Waals surface area contributed by atoms with E-state index in [0.29, 0.717) is 30.9 Å². The Morgan fingerprint density at radius 1 is 1.10 bits per heavy atom. The van der Waals surface area contributed by atoms with E-state index in [2.05, 4.69) is 0 Å². The van der Waals surface area contributed by atoms with E-state index in [4.69, 9.17) is 4.74 Å². The van der Waals surface area contributed by atoms with Crippen molar-refractivity contribution in [1.29, 1.82) is 0 Å². The standard InChI is InChI=1S/C25H33NO5/c1-3-9-19(25(30)24(29)16-31-20-11-5-4-6-12-20)15-23(28)22-14-18-10-7-8-13-21(18)26(22)17(2)27/h4-6,11-12,18-19,21-22H,3,7-10,13-16H2,1-2H3/t18-,19+,21-,22-/m0/s1. The van der Waals surface area contributed by atoms with Crippen LogP contribution in [0, 0.1) is 11.8 Å². The molecular weight excluding hydrogens is 394 g/mol. The van der Waals surface area contributed by atoms with Gasteiger partial charge in [-0.15, -0.1) is 0 Å². The number of carbonyl (C=O) groups excluding carboxylic acids is 4. The van der Waals surface area contributed by atoms with Crippen molar-refractivity contribution in [2.45, 2.75) is 77.3 Å². The van der Waals surface area contributed by atoms with Crippen LogP contribution in [0.3, 0.4) is 0 Å². The third kappa shape index (κ3) is 5.60. The molecule has 2 fully saturated rings. The maximum atomic E-state index is 13.2. The monoisotopic (exact) mass is 427 g/mol. The Balaban J connectivity index is 1.64. The minimum absolute atomic E-state index is 0.0115. The van der Waals surface area contributed by atoms with Crippen LogP contribution in [-0.2, 0) is 19.2 Å². The number of hydrogen-bond donors (Lipinski definition) is 0. The van der Waals surface area contributed by atoms with Crippen LogP contribution >= 0.6 is 0 Å². The molecule has 168 valence electrons. The first-order valence-electron chi connectivity index (χ1n) is 11.5. The van der Waals surface area contributed by atoms with Gasteiger partial charge in [-0.2, -0.15) is 0 Å². The van der Waals surface area contributed by atoms with Crippen molar-refractivity contribution >= 4 is 23.3 Å². The number of nitrogens with zero attached hydrogens (tertiary/aromatic N) is 1. The van der Waals surface area contributed by atoms with Crippen LogP contribution in [0.1, 0.15) is 65.2 Å². The molecule has 0 bridgehead atoms. The number of carbonyl (C=O) groups is 4. The molecule has 1 saturated carbocycles. The molecule has 1 aromatic rings. The lowest BCUT2D eigenvalue weighted by Gasteiger charge is -2.33. The van der Waals surface area contributed by atoms with E-state index in [9.17, 15) is 19.2 Å². The molecule has 0 aromatic heterocycles. The van der Waals surface area contributed by atoms with Crippen LogP contribution in [0.2, 0.25) is 0 Å². The molecule has 31 heavy (non-hydrogen) atoms. The number of ether oxygens (including phenoxy) is 1. The topological polar surface area (TPSA) is 80.8 Å². The van der Waals surface area contributed by atoms with Crippen molar-refractivity contribution in [3.8, 4) is 5.75 Å². The van der Waals surface area contributed by atoms with E-state index in [1.165, 1.54) is 6.92 Å². The first-order chi connectivity index (χ1) is 14.9. The van der Waals surface area contributed by atoms with Crippen LogP contribution in [0.15, 0.2) is 30.3 Å². The summed E-state index contributed by atoms with van der Waals surface area (Å²) in [5.74, 6) is -1.08. The minimum atomic E-state index is -0.652. The Kier molecular flexibility index (Phi) is 7.99. The zero-order chi connectivity index (χ0) is 22.4. The lowest BCUT2D eigenvalue weighted by molar-refractivity contribution is -0.142. The molecule has 1 aromatic carbocycles. The highest BCUT2D eigenvalue weighted by molar-refractivity contribution is 6.38. The Bertz CT molecular complexity index is 805. The number of likely N-dealkylation sites (tertiary alicyclic amines) is 1. The van der Waals surface area contributed by atoms with E-state index in [1.54, 1.807) is 29.2 Å². The van der Waals surface area contributed by atoms with Gasteiger partial charge >= 0.3 is 0 Å². The van der Waals surface area contributed by atoms with E-state index < -0.39 is 23.5 Å². The maximum Gasteiger partial charge on any atom is 0.235 e. The molecule has 0 spiro atoms. The summed E-state index contributed by atoms with van der Waals surface area (Å²) >= 11 is 0. The molecule has 3 rings (SSSR count). The number of hydrogen-bond acceptors (Lipinski definition) is 5. The Morgan fingerprint density at radius 2 is 1.81 bits per heavy atom. The number of rotatable bonds is 10. The summed E-state index contributed by atoms with van der Waals surface area (Å²) in [5, 5.41) is 0. The van der Waals surface area contributed by atoms with Crippen LogP contribution in [-0.4, -0.2) is 46.8 Å². The first kappa shape index (κ1) is 23.2. The predicted molar refractivity (Wildman–Crippen MR) is 117 cm³/mol. The minimum Gasteiger partial charge on any atom is -0.485 e. The molecule has 1 amide bonds. The fourth-order valence-corrected chi connectivity index (χ4v) is 5.22. The van der Waals surface area contributed by atoms with E-state index in [0.717, 1.165) is 25.7 Å². The van der Waals surface area contributed by atoms with Gasteiger partial charge in [0.25, 0.3) is 0 Å². The highest BCUT2D eigenvalue weighted by atomic mass is 16.5. The van der Waals surface area contributed by atoms with Crippen molar-refractivity contribution in [3.05, 3.63) is 30.3 Å².